The second kappa shape index (κ2) is 7.12. The van der Waals surface area contributed by atoms with E-state index in [2.05, 4.69) is 4.72 Å². The van der Waals surface area contributed by atoms with Crippen LogP contribution in [0.1, 0.15) is 17.3 Å². The number of methoxy groups -OCH3 is 2. The molecular formula is C17H19NO5S. The van der Waals surface area contributed by atoms with E-state index in [9.17, 15) is 13.2 Å². The number of benzene rings is 2. The molecule has 0 unspecified atom stereocenters. The summed E-state index contributed by atoms with van der Waals surface area (Å²) in [6.07, 6.45) is 0. The molecule has 24 heavy (non-hydrogen) atoms. The van der Waals surface area contributed by atoms with E-state index in [4.69, 9.17) is 9.47 Å². The molecule has 0 amide bonds. The van der Waals surface area contributed by atoms with Gasteiger partial charge in [0.25, 0.3) is 10.0 Å². The summed E-state index contributed by atoms with van der Waals surface area (Å²) in [4.78, 5) is 12.5. The highest BCUT2D eigenvalue weighted by molar-refractivity contribution is 7.92. The molecular weight excluding hydrogens is 330 g/mol. The molecule has 128 valence electrons. The topological polar surface area (TPSA) is 81.7 Å². The molecule has 2 aromatic rings. The molecule has 0 fully saturated rings. The Balaban J connectivity index is 2.35. The van der Waals surface area contributed by atoms with E-state index >= 15 is 0 Å². The number of para-hydroxylation sites is 1. The molecule has 0 saturated carbocycles. The van der Waals surface area contributed by atoms with Gasteiger partial charge in [-0.3, -0.25) is 9.52 Å². The van der Waals surface area contributed by atoms with Gasteiger partial charge < -0.3 is 9.47 Å². The second-order valence-corrected chi connectivity index (χ2v) is 6.86. The summed E-state index contributed by atoms with van der Waals surface area (Å²) in [5, 5.41) is 0. The van der Waals surface area contributed by atoms with Gasteiger partial charge in [0.2, 0.25) is 11.6 Å². The maximum absolute atomic E-state index is 12.5. The fourth-order valence-electron chi connectivity index (χ4n) is 2.06. The van der Waals surface area contributed by atoms with Gasteiger partial charge in [-0.25, -0.2) is 8.42 Å². The van der Waals surface area contributed by atoms with Crippen LogP contribution in [0.5, 0.6) is 0 Å². The lowest BCUT2D eigenvalue weighted by Gasteiger charge is -2.24. The van der Waals surface area contributed by atoms with E-state index in [-0.39, 0.29) is 10.5 Å². The number of ketones is 1. The molecule has 0 bridgehead atoms. The molecule has 1 N–H and O–H groups in total. The molecule has 0 saturated heterocycles. The fourth-order valence-corrected chi connectivity index (χ4v) is 3.16. The highest BCUT2D eigenvalue weighted by Gasteiger charge is 2.34. The number of sulfonamides is 1. The Labute approximate surface area is 141 Å². The largest absolute Gasteiger partial charge is 0.347 e. The van der Waals surface area contributed by atoms with Crippen LogP contribution in [0.2, 0.25) is 0 Å². The third-order valence-electron chi connectivity index (χ3n) is 3.62. The second-order valence-electron chi connectivity index (χ2n) is 5.18. The van der Waals surface area contributed by atoms with E-state index in [0.717, 1.165) is 0 Å². The van der Waals surface area contributed by atoms with Crippen molar-refractivity contribution in [1.82, 2.24) is 0 Å². The Kier molecular flexibility index (Phi) is 5.38. The lowest BCUT2D eigenvalue weighted by Crippen LogP contribution is -2.39. The van der Waals surface area contributed by atoms with E-state index < -0.39 is 21.6 Å². The van der Waals surface area contributed by atoms with Crippen LogP contribution in [-0.4, -0.2) is 34.2 Å². The number of anilines is 1. The average molecular weight is 349 g/mol. The predicted octanol–water partition coefficient (Wildman–Crippen LogP) is 2.68. The van der Waals surface area contributed by atoms with Crippen molar-refractivity contribution in [3.05, 3.63) is 60.2 Å². The highest BCUT2D eigenvalue weighted by atomic mass is 32.2. The summed E-state index contributed by atoms with van der Waals surface area (Å²) < 4.78 is 37.6. The molecule has 2 rings (SSSR count). The number of nitrogens with one attached hydrogen (secondary N) is 1. The van der Waals surface area contributed by atoms with Crippen LogP contribution in [-0.2, 0) is 19.5 Å². The molecule has 0 aliphatic carbocycles. The Morgan fingerprint density at radius 2 is 1.62 bits per heavy atom. The van der Waals surface area contributed by atoms with Crippen molar-refractivity contribution in [3.8, 4) is 0 Å². The van der Waals surface area contributed by atoms with Crippen LogP contribution in [0.4, 0.5) is 5.69 Å². The summed E-state index contributed by atoms with van der Waals surface area (Å²) in [5.41, 5.74) is 0.616. The molecule has 0 heterocycles. The van der Waals surface area contributed by atoms with Gasteiger partial charge in [-0.2, -0.15) is 0 Å². The van der Waals surface area contributed by atoms with Crippen LogP contribution >= 0.6 is 0 Å². The Morgan fingerprint density at radius 1 is 1.00 bits per heavy atom. The molecule has 0 aliphatic heterocycles. The SMILES string of the molecule is COC(C)(OC)C(=O)c1cccc(S(=O)(=O)Nc2ccccc2)c1. The van der Waals surface area contributed by atoms with Crippen molar-refractivity contribution in [3.63, 3.8) is 0 Å². The van der Waals surface area contributed by atoms with Crippen LogP contribution < -0.4 is 4.72 Å². The quantitative estimate of drug-likeness (QED) is 0.614. The van der Waals surface area contributed by atoms with Crippen molar-refractivity contribution >= 4 is 21.5 Å². The summed E-state index contributed by atoms with van der Waals surface area (Å²) in [6, 6.07) is 14.2. The van der Waals surface area contributed by atoms with Gasteiger partial charge in [0.15, 0.2) is 0 Å². The van der Waals surface area contributed by atoms with Crippen LogP contribution in [0, 0.1) is 0 Å². The van der Waals surface area contributed by atoms with Crippen LogP contribution in [0.15, 0.2) is 59.5 Å². The van der Waals surface area contributed by atoms with Crippen molar-refractivity contribution in [1.29, 1.82) is 0 Å². The lowest BCUT2D eigenvalue weighted by molar-refractivity contribution is -0.155. The van der Waals surface area contributed by atoms with Crippen molar-refractivity contribution in [2.45, 2.75) is 17.6 Å². The first-order chi connectivity index (χ1) is 11.3. The van der Waals surface area contributed by atoms with Crippen LogP contribution in [0.25, 0.3) is 0 Å². The normalized spacial score (nSPS) is 12.0. The fraction of sp³-hybridized carbons (Fsp3) is 0.235. The minimum absolute atomic E-state index is 0.0215. The zero-order chi connectivity index (χ0) is 17.8. The van der Waals surface area contributed by atoms with Crippen molar-refractivity contribution < 1.29 is 22.7 Å². The molecule has 0 aliphatic rings. The monoisotopic (exact) mass is 349 g/mol. The number of ether oxygens (including phenoxy) is 2. The first-order valence-corrected chi connectivity index (χ1v) is 8.64. The maximum atomic E-state index is 12.5. The molecule has 7 heteroatoms. The molecule has 0 aromatic heterocycles. The third-order valence-corrected chi connectivity index (χ3v) is 5.00. The van der Waals surface area contributed by atoms with E-state index in [1.165, 1.54) is 45.4 Å². The standard InChI is InChI=1S/C17H19NO5S/c1-17(22-2,23-3)16(19)13-8-7-11-15(12-13)24(20,21)18-14-9-5-4-6-10-14/h4-12,18H,1-3H3. The Bertz CT molecular complexity index is 814. The molecule has 0 radical (unpaired) electrons. The Hall–Kier alpha value is -2.22. The number of carbonyl (C=O) groups is 1. The summed E-state index contributed by atoms with van der Waals surface area (Å²) in [7, 11) is -1.12. The zero-order valence-corrected chi connectivity index (χ0v) is 14.5. The van der Waals surface area contributed by atoms with E-state index in [0.29, 0.717) is 5.69 Å². The van der Waals surface area contributed by atoms with E-state index in [1.807, 2.05) is 0 Å². The number of Topliss-reactive ketones (excluding diaryl/α,β-unsaturated/α-hetero) is 1. The number of carbonyl (C=O) groups excluding carboxylic acids is 1. The lowest BCUT2D eigenvalue weighted by atomic mass is 10.0. The van der Waals surface area contributed by atoms with E-state index in [1.54, 1.807) is 30.3 Å². The average Bonchev–Trinajstić information content (AvgIpc) is 2.61. The van der Waals surface area contributed by atoms with Gasteiger partial charge in [-0.1, -0.05) is 30.3 Å². The number of hydrogen-bond acceptors (Lipinski definition) is 5. The molecule has 2 aromatic carbocycles. The molecule has 0 spiro atoms. The summed E-state index contributed by atoms with van der Waals surface area (Å²) in [5.74, 6) is -1.95. The smallest absolute Gasteiger partial charge is 0.261 e. The maximum Gasteiger partial charge on any atom is 0.261 e. The first-order valence-electron chi connectivity index (χ1n) is 7.15. The van der Waals surface area contributed by atoms with Crippen LogP contribution in [0.3, 0.4) is 0 Å². The van der Waals surface area contributed by atoms with Gasteiger partial charge in [0, 0.05) is 25.5 Å². The Morgan fingerprint density at radius 3 is 2.21 bits per heavy atom. The highest BCUT2D eigenvalue weighted by Crippen LogP contribution is 2.21. The minimum atomic E-state index is -3.81. The van der Waals surface area contributed by atoms with Gasteiger partial charge >= 0.3 is 0 Å². The molecule has 0 atom stereocenters. The minimum Gasteiger partial charge on any atom is -0.347 e. The van der Waals surface area contributed by atoms with Crippen molar-refractivity contribution in [2.75, 3.05) is 18.9 Å². The summed E-state index contributed by atoms with van der Waals surface area (Å²) >= 11 is 0. The van der Waals surface area contributed by atoms with Gasteiger partial charge in [0.1, 0.15) is 0 Å². The zero-order valence-electron chi connectivity index (χ0n) is 13.6. The van der Waals surface area contributed by atoms with Gasteiger partial charge in [0.05, 0.1) is 4.90 Å². The molecule has 6 nitrogen and oxygen atoms in total. The first kappa shape index (κ1) is 18.1. The number of rotatable bonds is 7. The third kappa shape index (κ3) is 3.81. The number of hydrogen-bond donors (Lipinski definition) is 1. The predicted molar refractivity (Wildman–Crippen MR) is 90.4 cm³/mol. The van der Waals surface area contributed by atoms with Gasteiger partial charge in [-0.15, -0.1) is 0 Å². The van der Waals surface area contributed by atoms with Crippen molar-refractivity contribution in [2.24, 2.45) is 0 Å². The van der Waals surface area contributed by atoms with Gasteiger partial charge in [-0.05, 0) is 31.2 Å². The summed E-state index contributed by atoms with van der Waals surface area (Å²) in [6.45, 7) is 1.47.